The summed E-state index contributed by atoms with van der Waals surface area (Å²) < 4.78 is 8.24. The summed E-state index contributed by atoms with van der Waals surface area (Å²) in [4.78, 5) is 26.0. The summed E-state index contributed by atoms with van der Waals surface area (Å²) in [6.07, 6.45) is 5.48. The molecular weight excluding hydrogens is 386 g/mol. The number of hydrogen-bond acceptors (Lipinski definition) is 6. The van der Waals surface area contributed by atoms with Gasteiger partial charge in [0.05, 0.1) is 28.7 Å². The Morgan fingerprint density at radius 1 is 1.14 bits per heavy atom. The molecular formula is C21H15N5O2S. The number of rotatable bonds is 4. The fraction of sp³-hybridized carbons (Fsp3) is 0.0476. The molecule has 1 amide bonds. The molecule has 0 unspecified atom stereocenters. The van der Waals surface area contributed by atoms with Gasteiger partial charge in [-0.1, -0.05) is 12.1 Å². The molecule has 3 aromatic heterocycles. The number of para-hydroxylation sites is 1. The van der Waals surface area contributed by atoms with Crippen LogP contribution in [0.15, 0.2) is 67.1 Å². The van der Waals surface area contributed by atoms with E-state index in [-0.39, 0.29) is 5.91 Å². The van der Waals surface area contributed by atoms with Gasteiger partial charge in [0.1, 0.15) is 5.75 Å². The molecule has 2 aromatic carbocycles. The fourth-order valence-electron chi connectivity index (χ4n) is 3.08. The molecule has 29 heavy (non-hydrogen) atoms. The van der Waals surface area contributed by atoms with Crippen molar-refractivity contribution in [2.45, 2.75) is 0 Å². The second kappa shape index (κ2) is 6.99. The van der Waals surface area contributed by atoms with Crippen LogP contribution in [-0.2, 0) is 0 Å². The average Bonchev–Trinajstić information content (AvgIpc) is 3.38. The van der Waals surface area contributed by atoms with Crippen molar-refractivity contribution in [1.29, 1.82) is 0 Å². The minimum absolute atomic E-state index is 0.279. The van der Waals surface area contributed by atoms with Crippen molar-refractivity contribution < 1.29 is 9.53 Å². The number of amides is 1. The Bertz CT molecular complexity index is 1290. The molecule has 0 aliphatic heterocycles. The number of thiazole rings is 1. The van der Waals surface area contributed by atoms with Crippen LogP contribution in [0.1, 0.15) is 9.80 Å². The first kappa shape index (κ1) is 17.3. The summed E-state index contributed by atoms with van der Waals surface area (Å²) in [5.41, 5.74) is 2.96. The molecule has 1 N–H and O–H groups in total. The van der Waals surface area contributed by atoms with Crippen LogP contribution in [0.25, 0.3) is 27.3 Å². The smallest absolute Gasteiger partial charge is 0.284 e. The van der Waals surface area contributed by atoms with Crippen molar-refractivity contribution in [1.82, 2.24) is 19.4 Å². The molecule has 0 bridgehead atoms. The highest BCUT2D eigenvalue weighted by Crippen LogP contribution is 2.31. The van der Waals surface area contributed by atoms with Gasteiger partial charge >= 0.3 is 0 Å². The first-order chi connectivity index (χ1) is 14.2. The van der Waals surface area contributed by atoms with E-state index in [9.17, 15) is 4.79 Å². The number of benzene rings is 2. The first-order valence-electron chi connectivity index (χ1n) is 8.86. The molecule has 142 valence electrons. The standard InChI is InChI=1S/C21H15N5O2S/c1-28-17-8-7-13(16-12-26-10-4-9-22-21(26)25-16)11-15(17)23-19(27)20-24-14-5-2-3-6-18(14)29-20/h2-12H,1H3,(H,23,27). The summed E-state index contributed by atoms with van der Waals surface area (Å²) in [5.74, 6) is 0.891. The number of imidazole rings is 1. The Balaban J connectivity index is 1.49. The molecule has 0 aliphatic rings. The van der Waals surface area contributed by atoms with Gasteiger partial charge in [-0.25, -0.2) is 15.0 Å². The number of methoxy groups -OCH3 is 1. The zero-order valence-electron chi connectivity index (χ0n) is 15.4. The van der Waals surface area contributed by atoms with Crippen LogP contribution in [0.5, 0.6) is 5.75 Å². The number of anilines is 1. The van der Waals surface area contributed by atoms with Crippen LogP contribution in [0.4, 0.5) is 5.69 Å². The van der Waals surface area contributed by atoms with Gasteiger partial charge in [-0.3, -0.25) is 9.20 Å². The molecule has 0 radical (unpaired) electrons. The molecule has 0 saturated heterocycles. The summed E-state index contributed by atoms with van der Waals surface area (Å²) in [7, 11) is 1.57. The molecule has 3 heterocycles. The minimum atomic E-state index is -0.279. The Hall–Kier alpha value is -3.78. The number of carbonyl (C=O) groups is 1. The second-order valence-corrected chi connectivity index (χ2v) is 7.34. The highest BCUT2D eigenvalue weighted by atomic mass is 32.1. The zero-order chi connectivity index (χ0) is 19.8. The molecule has 8 heteroatoms. The van der Waals surface area contributed by atoms with E-state index in [1.807, 2.05) is 59.3 Å². The van der Waals surface area contributed by atoms with E-state index in [4.69, 9.17) is 4.74 Å². The van der Waals surface area contributed by atoms with Gasteiger partial charge in [0.2, 0.25) is 5.78 Å². The fourth-order valence-corrected chi connectivity index (χ4v) is 3.94. The van der Waals surface area contributed by atoms with Crippen molar-refractivity contribution >= 4 is 38.9 Å². The highest BCUT2D eigenvalue weighted by molar-refractivity contribution is 7.20. The maximum absolute atomic E-state index is 12.8. The predicted molar refractivity (Wildman–Crippen MR) is 113 cm³/mol. The Labute approximate surface area is 169 Å². The third kappa shape index (κ3) is 3.19. The van der Waals surface area contributed by atoms with Crippen LogP contribution in [0.2, 0.25) is 0 Å². The van der Waals surface area contributed by atoms with Gasteiger partial charge in [-0.05, 0) is 36.4 Å². The molecule has 0 saturated carbocycles. The molecule has 0 fully saturated rings. The largest absolute Gasteiger partial charge is 0.495 e. The lowest BCUT2D eigenvalue weighted by Crippen LogP contribution is -2.12. The Kier molecular flexibility index (Phi) is 4.18. The summed E-state index contributed by atoms with van der Waals surface area (Å²) in [6.45, 7) is 0. The van der Waals surface area contributed by atoms with Gasteiger partial charge in [-0.15, -0.1) is 11.3 Å². The van der Waals surface area contributed by atoms with Gasteiger partial charge in [0.15, 0.2) is 5.01 Å². The van der Waals surface area contributed by atoms with Gasteiger partial charge < -0.3 is 10.1 Å². The quantitative estimate of drug-likeness (QED) is 0.486. The van der Waals surface area contributed by atoms with E-state index in [0.717, 1.165) is 21.5 Å². The van der Waals surface area contributed by atoms with Crippen LogP contribution in [-0.4, -0.2) is 32.4 Å². The van der Waals surface area contributed by atoms with E-state index in [0.29, 0.717) is 22.2 Å². The van der Waals surface area contributed by atoms with Crippen molar-refractivity contribution in [3.8, 4) is 17.0 Å². The summed E-state index contributed by atoms with van der Waals surface area (Å²) >= 11 is 1.35. The van der Waals surface area contributed by atoms with Crippen LogP contribution in [0, 0.1) is 0 Å². The lowest BCUT2D eigenvalue weighted by Gasteiger charge is -2.10. The number of carbonyl (C=O) groups excluding carboxylic acids is 1. The zero-order valence-corrected chi connectivity index (χ0v) is 16.2. The number of nitrogens with one attached hydrogen (secondary N) is 1. The SMILES string of the molecule is COc1ccc(-c2cn3cccnc3n2)cc1NC(=O)c1nc2ccccc2s1. The van der Waals surface area contributed by atoms with Crippen molar-refractivity contribution in [3.63, 3.8) is 0 Å². The summed E-state index contributed by atoms with van der Waals surface area (Å²) in [6, 6.07) is 15.1. The van der Waals surface area contributed by atoms with E-state index >= 15 is 0 Å². The monoisotopic (exact) mass is 401 g/mol. The first-order valence-corrected chi connectivity index (χ1v) is 9.68. The number of aromatic nitrogens is 4. The average molecular weight is 401 g/mol. The predicted octanol–water partition coefficient (Wildman–Crippen LogP) is 4.27. The molecule has 5 aromatic rings. The third-order valence-electron chi connectivity index (χ3n) is 4.47. The Morgan fingerprint density at radius 2 is 2.03 bits per heavy atom. The van der Waals surface area contributed by atoms with Gasteiger partial charge in [0.25, 0.3) is 5.91 Å². The topological polar surface area (TPSA) is 81.4 Å². The lowest BCUT2D eigenvalue weighted by molar-refractivity contribution is 0.102. The van der Waals surface area contributed by atoms with Crippen LogP contribution >= 0.6 is 11.3 Å². The molecule has 7 nitrogen and oxygen atoms in total. The number of hydrogen-bond donors (Lipinski definition) is 1. The minimum Gasteiger partial charge on any atom is -0.495 e. The lowest BCUT2D eigenvalue weighted by atomic mass is 10.1. The van der Waals surface area contributed by atoms with E-state index in [2.05, 4.69) is 20.3 Å². The van der Waals surface area contributed by atoms with Crippen molar-refractivity contribution in [2.24, 2.45) is 0 Å². The second-order valence-electron chi connectivity index (χ2n) is 6.31. The maximum Gasteiger partial charge on any atom is 0.284 e. The van der Waals surface area contributed by atoms with Crippen LogP contribution in [0.3, 0.4) is 0 Å². The highest BCUT2D eigenvalue weighted by Gasteiger charge is 2.16. The Morgan fingerprint density at radius 3 is 2.86 bits per heavy atom. The maximum atomic E-state index is 12.8. The van der Waals surface area contributed by atoms with E-state index in [1.165, 1.54) is 11.3 Å². The van der Waals surface area contributed by atoms with Crippen molar-refractivity contribution in [3.05, 3.63) is 72.1 Å². The molecule has 0 spiro atoms. The van der Waals surface area contributed by atoms with E-state index < -0.39 is 0 Å². The van der Waals surface area contributed by atoms with Gasteiger partial charge in [0, 0.05) is 24.2 Å². The van der Waals surface area contributed by atoms with E-state index in [1.54, 1.807) is 19.4 Å². The summed E-state index contributed by atoms with van der Waals surface area (Å²) in [5, 5.41) is 3.32. The van der Waals surface area contributed by atoms with Crippen LogP contribution < -0.4 is 10.1 Å². The number of fused-ring (bicyclic) bond motifs is 2. The molecule has 0 atom stereocenters. The van der Waals surface area contributed by atoms with Crippen molar-refractivity contribution in [2.75, 3.05) is 12.4 Å². The molecule has 5 rings (SSSR count). The number of ether oxygens (including phenoxy) is 1. The van der Waals surface area contributed by atoms with Gasteiger partial charge in [-0.2, -0.15) is 0 Å². The third-order valence-corrected chi connectivity index (χ3v) is 5.50. The number of nitrogens with zero attached hydrogens (tertiary/aromatic N) is 4. The normalized spacial score (nSPS) is 11.1. The molecule has 0 aliphatic carbocycles.